The van der Waals surface area contributed by atoms with Gasteiger partial charge in [0.15, 0.2) is 0 Å². The number of nitrogens with zero attached hydrogens (tertiary/aromatic N) is 1. The summed E-state index contributed by atoms with van der Waals surface area (Å²) in [6, 6.07) is 0. The van der Waals surface area contributed by atoms with Gasteiger partial charge in [0.2, 0.25) is 0 Å². The molecule has 0 unspecified atom stereocenters. The molecule has 17 heavy (non-hydrogen) atoms. The van der Waals surface area contributed by atoms with Crippen molar-refractivity contribution in [1.29, 1.82) is 0 Å². The van der Waals surface area contributed by atoms with E-state index in [4.69, 9.17) is 4.74 Å². The van der Waals surface area contributed by atoms with Crippen LogP contribution in [0.5, 0.6) is 0 Å². The van der Waals surface area contributed by atoms with Gasteiger partial charge in [-0.1, -0.05) is 20.3 Å². The second-order valence-electron chi connectivity index (χ2n) is 7.30. The second kappa shape index (κ2) is 3.96. The zero-order chi connectivity index (χ0) is 12.2. The number of ether oxygens (including phenoxy) is 1. The summed E-state index contributed by atoms with van der Waals surface area (Å²) in [7, 11) is 0. The van der Waals surface area contributed by atoms with Crippen LogP contribution < -0.4 is 0 Å². The highest BCUT2D eigenvalue weighted by molar-refractivity contribution is 5.02. The summed E-state index contributed by atoms with van der Waals surface area (Å²) in [5, 5.41) is 0. The molecular formula is C15H27NO. The van der Waals surface area contributed by atoms with E-state index in [0.717, 1.165) is 17.8 Å². The SMILES string of the molecule is C[C@@H]1CC[C@@H]2[C@@H](C1)O[C@H]1C[C@H](C)CN1C2(C)C. The molecule has 2 nitrogen and oxygen atoms in total. The third kappa shape index (κ3) is 1.84. The molecule has 98 valence electrons. The van der Waals surface area contributed by atoms with Gasteiger partial charge in [-0.15, -0.1) is 0 Å². The molecule has 0 aromatic rings. The van der Waals surface area contributed by atoms with Gasteiger partial charge in [0.25, 0.3) is 0 Å². The Morgan fingerprint density at radius 3 is 2.59 bits per heavy atom. The lowest BCUT2D eigenvalue weighted by Crippen LogP contribution is -2.62. The number of fused-ring (bicyclic) bond motifs is 2. The number of hydrogen-bond donors (Lipinski definition) is 0. The van der Waals surface area contributed by atoms with Crippen LogP contribution in [0.3, 0.4) is 0 Å². The van der Waals surface area contributed by atoms with Gasteiger partial charge >= 0.3 is 0 Å². The van der Waals surface area contributed by atoms with E-state index in [0.29, 0.717) is 17.9 Å². The molecular weight excluding hydrogens is 210 g/mol. The maximum Gasteiger partial charge on any atom is 0.111 e. The third-order valence-corrected chi connectivity index (χ3v) is 5.49. The summed E-state index contributed by atoms with van der Waals surface area (Å²) in [6.45, 7) is 10.9. The molecule has 0 aromatic heterocycles. The molecule has 0 N–H and O–H groups in total. The highest BCUT2D eigenvalue weighted by Gasteiger charge is 2.52. The highest BCUT2D eigenvalue weighted by Crippen LogP contribution is 2.48. The summed E-state index contributed by atoms with van der Waals surface area (Å²) in [5.74, 6) is 2.41. The first-order valence-electron chi connectivity index (χ1n) is 7.40. The Hall–Kier alpha value is -0.0800. The Balaban J connectivity index is 1.85. The second-order valence-corrected chi connectivity index (χ2v) is 7.30. The first-order chi connectivity index (χ1) is 7.98. The predicted octanol–water partition coefficient (Wildman–Crippen LogP) is 3.27. The Morgan fingerprint density at radius 2 is 1.82 bits per heavy atom. The van der Waals surface area contributed by atoms with Crippen LogP contribution in [0.4, 0.5) is 0 Å². The van der Waals surface area contributed by atoms with E-state index >= 15 is 0 Å². The first kappa shape index (κ1) is 12.0. The average Bonchev–Trinajstić information content (AvgIpc) is 2.59. The summed E-state index contributed by atoms with van der Waals surface area (Å²) in [6.07, 6.45) is 6.21. The molecule has 2 heterocycles. The highest BCUT2D eigenvalue weighted by atomic mass is 16.5. The van der Waals surface area contributed by atoms with Crippen LogP contribution in [0.2, 0.25) is 0 Å². The van der Waals surface area contributed by atoms with Crippen LogP contribution >= 0.6 is 0 Å². The lowest BCUT2D eigenvalue weighted by molar-refractivity contribution is -0.217. The van der Waals surface area contributed by atoms with Gasteiger partial charge in [-0.05, 0) is 44.9 Å². The Kier molecular flexibility index (Phi) is 2.79. The van der Waals surface area contributed by atoms with E-state index < -0.39 is 0 Å². The van der Waals surface area contributed by atoms with Crippen LogP contribution in [0, 0.1) is 17.8 Å². The van der Waals surface area contributed by atoms with Crippen LogP contribution in [0.1, 0.15) is 53.4 Å². The fourth-order valence-corrected chi connectivity index (χ4v) is 4.44. The van der Waals surface area contributed by atoms with Gasteiger partial charge in [-0.3, -0.25) is 4.90 Å². The van der Waals surface area contributed by atoms with Crippen molar-refractivity contribution in [3.63, 3.8) is 0 Å². The number of hydrogen-bond acceptors (Lipinski definition) is 2. The minimum Gasteiger partial charge on any atom is -0.360 e. The normalized spacial score (nSPS) is 49.8. The van der Waals surface area contributed by atoms with Crippen molar-refractivity contribution in [1.82, 2.24) is 4.90 Å². The van der Waals surface area contributed by atoms with Crippen LogP contribution in [-0.2, 0) is 4.74 Å². The van der Waals surface area contributed by atoms with E-state index in [9.17, 15) is 0 Å². The third-order valence-electron chi connectivity index (χ3n) is 5.49. The molecule has 2 aliphatic heterocycles. The molecule has 2 heteroatoms. The first-order valence-corrected chi connectivity index (χ1v) is 7.40. The van der Waals surface area contributed by atoms with Gasteiger partial charge < -0.3 is 4.74 Å². The van der Waals surface area contributed by atoms with Crippen molar-refractivity contribution >= 4 is 0 Å². The van der Waals surface area contributed by atoms with Crippen molar-refractivity contribution in [2.75, 3.05) is 6.54 Å². The Morgan fingerprint density at radius 1 is 1.06 bits per heavy atom. The molecule has 0 aromatic carbocycles. The molecule has 0 radical (unpaired) electrons. The largest absolute Gasteiger partial charge is 0.360 e. The van der Waals surface area contributed by atoms with Crippen molar-refractivity contribution in [3.8, 4) is 0 Å². The molecule has 3 fully saturated rings. The molecule has 1 aliphatic carbocycles. The molecule has 3 aliphatic rings. The van der Waals surface area contributed by atoms with Gasteiger partial charge in [0, 0.05) is 18.0 Å². The monoisotopic (exact) mass is 237 g/mol. The lowest BCUT2D eigenvalue weighted by Gasteiger charge is -2.55. The Bertz CT molecular complexity index is 301. The van der Waals surface area contributed by atoms with E-state index in [-0.39, 0.29) is 0 Å². The van der Waals surface area contributed by atoms with E-state index in [1.165, 1.54) is 32.2 Å². The Labute approximate surface area is 106 Å². The van der Waals surface area contributed by atoms with Crippen LogP contribution in [0.25, 0.3) is 0 Å². The maximum absolute atomic E-state index is 6.42. The summed E-state index contributed by atoms with van der Waals surface area (Å²) in [5.41, 5.74) is 0.346. The average molecular weight is 237 g/mol. The van der Waals surface area contributed by atoms with Gasteiger partial charge in [-0.25, -0.2) is 0 Å². The molecule has 5 atom stereocenters. The summed E-state index contributed by atoms with van der Waals surface area (Å²) in [4.78, 5) is 2.65. The lowest BCUT2D eigenvalue weighted by atomic mass is 9.70. The quantitative estimate of drug-likeness (QED) is 0.641. The number of rotatable bonds is 0. The van der Waals surface area contributed by atoms with Crippen molar-refractivity contribution in [3.05, 3.63) is 0 Å². The van der Waals surface area contributed by atoms with Crippen molar-refractivity contribution < 1.29 is 4.74 Å². The topological polar surface area (TPSA) is 12.5 Å². The fourth-order valence-electron chi connectivity index (χ4n) is 4.44. The standard InChI is InChI=1S/C15H27NO/c1-10-5-6-12-13(7-10)17-14-8-11(2)9-16(14)15(12,3)4/h10-14H,5-9H2,1-4H3/t10-,11+,12-,13-,14+/m1/s1. The van der Waals surface area contributed by atoms with Gasteiger partial charge in [0.1, 0.15) is 6.23 Å². The van der Waals surface area contributed by atoms with Crippen molar-refractivity contribution in [2.45, 2.75) is 71.2 Å². The van der Waals surface area contributed by atoms with Crippen LogP contribution in [0.15, 0.2) is 0 Å². The van der Waals surface area contributed by atoms with Crippen LogP contribution in [-0.4, -0.2) is 29.3 Å². The molecule has 0 amide bonds. The molecule has 3 rings (SSSR count). The van der Waals surface area contributed by atoms with E-state index in [1.807, 2.05) is 0 Å². The molecule has 0 spiro atoms. The molecule has 1 saturated carbocycles. The zero-order valence-corrected chi connectivity index (χ0v) is 11.8. The zero-order valence-electron chi connectivity index (χ0n) is 11.8. The fraction of sp³-hybridized carbons (Fsp3) is 1.00. The molecule has 2 saturated heterocycles. The van der Waals surface area contributed by atoms with E-state index in [2.05, 4.69) is 32.6 Å². The molecule has 0 bridgehead atoms. The summed E-state index contributed by atoms with van der Waals surface area (Å²) >= 11 is 0. The minimum absolute atomic E-state index is 0.346. The summed E-state index contributed by atoms with van der Waals surface area (Å²) < 4.78 is 6.42. The maximum atomic E-state index is 6.42. The minimum atomic E-state index is 0.346. The van der Waals surface area contributed by atoms with E-state index in [1.54, 1.807) is 0 Å². The van der Waals surface area contributed by atoms with Gasteiger partial charge in [0.05, 0.1) is 6.10 Å². The predicted molar refractivity (Wildman–Crippen MR) is 69.7 cm³/mol. The van der Waals surface area contributed by atoms with Crippen molar-refractivity contribution in [2.24, 2.45) is 17.8 Å². The van der Waals surface area contributed by atoms with Gasteiger partial charge in [-0.2, -0.15) is 0 Å². The smallest absolute Gasteiger partial charge is 0.111 e.